The predicted molar refractivity (Wildman–Crippen MR) is 74.0 cm³/mol. The molecule has 1 unspecified atom stereocenters. The van der Waals surface area contributed by atoms with Crippen molar-refractivity contribution in [1.29, 1.82) is 0 Å². The molecule has 0 aromatic heterocycles. The van der Waals surface area contributed by atoms with E-state index in [0.717, 1.165) is 19.3 Å². The first-order valence-electron chi connectivity index (χ1n) is 6.87. The van der Waals surface area contributed by atoms with Gasteiger partial charge in [0.1, 0.15) is 5.54 Å². The van der Waals surface area contributed by atoms with Crippen molar-refractivity contribution in [2.24, 2.45) is 5.41 Å². The van der Waals surface area contributed by atoms with Crippen LogP contribution >= 0.6 is 0 Å². The van der Waals surface area contributed by atoms with Crippen LogP contribution in [-0.2, 0) is 4.79 Å². The van der Waals surface area contributed by atoms with E-state index < -0.39 is 11.5 Å². The van der Waals surface area contributed by atoms with E-state index in [2.05, 4.69) is 19.2 Å². The number of likely N-dealkylation sites (N-methyl/N-ethyl adjacent to an activating group) is 1. The van der Waals surface area contributed by atoms with Gasteiger partial charge in [0.25, 0.3) is 0 Å². The molecule has 0 aromatic carbocycles. The lowest BCUT2D eigenvalue weighted by Gasteiger charge is -2.41. The number of nitrogens with one attached hydrogen (secondary N) is 1. The quantitative estimate of drug-likeness (QED) is 0.827. The Kier molecular flexibility index (Phi) is 4.48. The van der Waals surface area contributed by atoms with Crippen molar-refractivity contribution in [3.05, 3.63) is 0 Å². The number of carboxylic acid groups (broad SMARTS) is 1. The van der Waals surface area contributed by atoms with Gasteiger partial charge in [0.15, 0.2) is 0 Å². The topological polar surface area (TPSA) is 69.6 Å². The zero-order valence-electron chi connectivity index (χ0n) is 12.6. The SMILES string of the molecule is CN(C(=O)NC1CCCCC1(C)C)C(C)(C)C(=O)O. The van der Waals surface area contributed by atoms with Crippen molar-refractivity contribution in [2.75, 3.05) is 7.05 Å². The molecule has 1 fully saturated rings. The van der Waals surface area contributed by atoms with Crippen LogP contribution < -0.4 is 5.32 Å². The van der Waals surface area contributed by atoms with Gasteiger partial charge >= 0.3 is 12.0 Å². The van der Waals surface area contributed by atoms with E-state index in [-0.39, 0.29) is 17.5 Å². The van der Waals surface area contributed by atoms with Gasteiger partial charge in [-0.3, -0.25) is 0 Å². The molecule has 5 nitrogen and oxygen atoms in total. The van der Waals surface area contributed by atoms with Gasteiger partial charge in [-0.2, -0.15) is 0 Å². The zero-order chi connectivity index (χ0) is 14.8. The van der Waals surface area contributed by atoms with Gasteiger partial charge < -0.3 is 15.3 Å². The summed E-state index contributed by atoms with van der Waals surface area (Å²) in [4.78, 5) is 24.6. The number of aliphatic carboxylic acids is 1. The Morgan fingerprint density at radius 2 is 1.89 bits per heavy atom. The number of carboxylic acids is 1. The van der Waals surface area contributed by atoms with E-state index >= 15 is 0 Å². The normalized spacial score (nSPS) is 22.7. The summed E-state index contributed by atoms with van der Waals surface area (Å²) >= 11 is 0. The van der Waals surface area contributed by atoms with Gasteiger partial charge in [-0.15, -0.1) is 0 Å². The van der Waals surface area contributed by atoms with Crippen molar-refractivity contribution >= 4 is 12.0 Å². The fourth-order valence-corrected chi connectivity index (χ4v) is 2.40. The summed E-state index contributed by atoms with van der Waals surface area (Å²) < 4.78 is 0. The highest BCUT2D eigenvalue weighted by atomic mass is 16.4. The second kappa shape index (κ2) is 5.39. The number of hydrogen-bond acceptors (Lipinski definition) is 2. The number of hydrogen-bond donors (Lipinski definition) is 2. The fraction of sp³-hybridized carbons (Fsp3) is 0.857. The summed E-state index contributed by atoms with van der Waals surface area (Å²) in [6, 6.07) is -0.201. The third kappa shape index (κ3) is 3.39. The van der Waals surface area contributed by atoms with Gasteiger partial charge in [-0.1, -0.05) is 26.7 Å². The molecule has 1 aliphatic rings. The van der Waals surface area contributed by atoms with Crippen molar-refractivity contribution in [2.45, 2.75) is 65.0 Å². The Morgan fingerprint density at radius 3 is 2.37 bits per heavy atom. The Labute approximate surface area is 115 Å². The second-order valence-corrected chi connectivity index (χ2v) is 6.66. The first-order chi connectivity index (χ1) is 8.59. The number of carbonyl (C=O) groups excluding carboxylic acids is 1. The van der Waals surface area contributed by atoms with Gasteiger partial charge in [0, 0.05) is 13.1 Å². The minimum absolute atomic E-state index is 0.0715. The van der Waals surface area contributed by atoms with E-state index in [9.17, 15) is 9.59 Å². The summed E-state index contributed by atoms with van der Waals surface area (Å²) in [5.41, 5.74) is -1.13. The minimum atomic E-state index is -1.21. The molecule has 0 saturated heterocycles. The van der Waals surface area contributed by atoms with Gasteiger partial charge in [-0.25, -0.2) is 9.59 Å². The molecule has 0 radical (unpaired) electrons. The molecule has 2 N–H and O–H groups in total. The minimum Gasteiger partial charge on any atom is -0.480 e. The molecule has 0 aromatic rings. The average molecular weight is 270 g/mol. The van der Waals surface area contributed by atoms with Gasteiger partial charge in [0.05, 0.1) is 0 Å². The number of urea groups is 1. The molecule has 2 amide bonds. The molecule has 5 heteroatoms. The Bertz CT molecular complexity index is 364. The molecule has 1 rings (SSSR count). The number of amides is 2. The lowest BCUT2D eigenvalue weighted by molar-refractivity contribution is -0.146. The molecule has 0 bridgehead atoms. The first kappa shape index (κ1) is 15.8. The van der Waals surface area contributed by atoms with E-state index in [0.29, 0.717) is 0 Å². The fourth-order valence-electron chi connectivity index (χ4n) is 2.40. The molecule has 1 aliphatic carbocycles. The van der Waals surface area contributed by atoms with Crippen LogP contribution in [0.1, 0.15) is 53.4 Å². The summed E-state index contributed by atoms with van der Waals surface area (Å²) in [5.74, 6) is -1.01. The Balaban J connectivity index is 2.71. The van der Waals surface area contributed by atoms with Crippen LogP contribution in [0, 0.1) is 5.41 Å². The summed E-state index contributed by atoms with van der Waals surface area (Å²) in [6.45, 7) is 7.36. The highest BCUT2D eigenvalue weighted by molar-refractivity contribution is 5.85. The summed E-state index contributed by atoms with van der Waals surface area (Å²) in [7, 11) is 1.53. The maximum absolute atomic E-state index is 12.2. The molecule has 0 spiro atoms. The smallest absolute Gasteiger partial charge is 0.329 e. The van der Waals surface area contributed by atoms with Crippen LogP contribution in [0.4, 0.5) is 4.79 Å². The molecule has 0 heterocycles. The van der Waals surface area contributed by atoms with Crippen LogP contribution in [0.3, 0.4) is 0 Å². The maximum Gasteiger partial charge on any atom is 0.329 e. The molecule has 0 aliphatic heterocycles. The highest BCUT2D eigenvalue weighted by Gasteiger charge is 2.38. The number of rotatable bonds is 3. The van der Waals surface area contributed by atoms with E-state index in [4.69, 9.17) is 5.11 Å². The predicted octanol–water partition coefficient (Wildman–Crippen LogP) is 2.46. The van der Waals surface area contributed by atoms with Crippen LogP contribution in [0.15, 0.2) is 0 Å². The number of carbonyl (C=O) groups is 2. The number of nitrogens with zero attached hydrogens (tertiary/aromatic N) is 1. The molecular formula is C14H26N2O3. The van der Waals surface area contributed by atoms with Crippen LogP contribution in [-0.4, -0.2) is 40.6 Å². The van der Waals surface area contributed by atoms with Crippen LogP contribution in [0.25, 0.3) is 0 Å². The third-order valence-electron chi connectivity index (χ3n) is 4.47. The van der Waals surface area contributed by atoms with E-state index in [1.165, 1.54) is 32.2 Å². The maximum atomic E-state index is 12.2. The Morgan fingerprint density at radius 1 is 1.32 bits per heavy atom. The lowest BCUT2D eigenvalue weighted by atomic mass is 9.73. The van der Waals surface area contributed by atoms with E-state index in [1.807, 2.05) is 0 Å². The summed E-state index contributed by atoms with van der Waals surface area (Å²) in [6.07, 6.45) is 4.35. The standard InChI is InChI=1S/C14H26N2O3/c1-13(2)9-7-6-8-10(13)15-12(19)16(5)14(3,4)11(17)18/h10H,6-9H2,1-5H3,(H,15,19)(H,17,18). The molecule has 19 heavy (non-hydrogen) atoms. The lowest BCUT2D eigenvalue weighted by Crippen LogP contribution is -2.58. The van der Waals surface area contributed by atoms with Crippen molar-refractivity contribution in [3.8, 4) is 0 Å². The third-order valence-corrected chi connectivity index (χ3v) is 4.47. The first-order valence-corrected chi connectivity index (χ1v) is 6.87. The zero-order valence-corrected chi connectivity index (χ0v) is 12.6. The van der Waals surface area contributed by atoms with Crippen LogP contribution in [0.5, 0.6) is 0 Å². The molecule has 1 atom stereocenters. The van der Waals surface area contributed by atoms with Crippen molar-refractivity contribution < 1.29 is 14.7 Å². The molecule has 1 saturated carbocycles. The Hall–Kier alpha value is -1.26. The van der Waals surface area contributed by atoms with E-state index in [1.54, 1.807) is 0 Å². The molecule has 110 valence electrons. The van der Waals surface area contributed by atoms with Gasteiger partial charge in [-0.05, 0) is 32.1 Å². The van der Waals surface area contributed by atoms with Crippen molar-refractivity contribution in [3.63, 3.8) is 0 Å². The molecular weight excluding hydrogens is 244 g/mol. The van der Waals surface area contributed by atoms with Gasteiger partial charge in [0.2, 0.25) is 0 Å². The highest BCUT2D eigenvalue weighted by Crippen LogP contribution is 2.35. The van der Waals surface area contributed by atoms with Crippen LogP contribution in [0.2, 0.25) is 0 Å². The average Bonchev–Trinajstić information content (AvgIpc) is 2.30. The second-order valence-electron chi connectivity index (χ2n) is 6.66. The summed E-state index contributed by atoms with van der Waals surface area (Å²) in [5, 5.41) is 12.1. The largest absolute Gasteiger partial charge is 0.480 e. The van der Waals surface area contributed by atoms with Crippen molar-refractivity contribution in [1.82, 2.24) is 10.2 Å². The monoisotopic (exact) mass is 270 g/mol.